The van der Waals surface area contributed by atoms with Gasteiger partial charge in [0.1, 0.15) is 6.33 Å². The van der Waals surface area contributed by atoms with Crippen molar-refractivity contribution < 1.29 is 0 Å². The Morgan fingerprint density at radius 1 is 0.879 bits per heavy atom. The number of benzene rings is 2. The summed E-state index contributed by atoms with van der Waals surface area (Å²) in [5, 5.41) is 4.78. The number of rotatable bonds is 4. The smallest absolute Gasteiger partial charge is 0.116 e. The molecule has 0 N–H and O–H groups in total. The Kier molecular flexibility index (Phi) is 5.49. The molecule has 2 aromatic carbocycles. The lowest BCUT2D eigenvalue weighted by atomic mass is 9.82. The van der Waals surface area contributed by atoms with Crippen molar-refractivity contribution in [1.29, 1.82) is 0 Å². The molecule has 0 saturated heterocycles. The highest BCUT2D eigenvalue weighted by atomic mass is 32.1. The summed E-state index contributed by atoms with van der Waals surface area (Å²) < 4.78 is 1.21. The lowest BCUT2D eigenvalue weighted by Crippen LogP contribution is -2.12. The second kappa shape index (κ2) is 8.35. The molecule has 0 fully saturated rings. The third-order valence-electron chi connectivity index (χ3n) is 6.04. The molecule has 0 atom stereocenters. The monoisotopic (exact) mass is 451 g/mol. The number of hydrogen-bond donors (Lipinski definition) is 0. The first-order valence-electron chi connectivity index (χ1n) is 11.5. The Balaban J connectivity index is 1.58. The molecule has 0 aliphatic heterocycles. The second-order valence-electron chi connectivity index (χ2n) is 10.2. The van der Waals surface area contributed by atoms with Gasteiger partial charge in [-0.2, -0.15) is 0 Å². The van der Waals surface area contributed by atoms with Crippen molar-refractivity contribution in [3.63, 3.8) is 0 Å². The first-order valence-corrected chi connectivity index (χ1v) is 12.4. The molecular formula is C29H29N3S. The lowest BCUT2D eigenvalue weighted by molar-refractivity contribution is 0.596. The van der Waals surface area contributed by atoms with Crippen LogP contribution >= 0.6 is 11.3 Å². The predicted octanol–water partition coefficient (Wildman–Crippen LogP) is 8.07. The summed E-state index contributed by atoms with van der Waals surface area (Å²) in [6.45, 7) is 11.3. The van der Waals surface area contributed by atoms with Gasteiger partial charge in [0, 0.05) is 17.3 Å². The quantitative estimate of drug-likeness (QED) is 0.277. The van der Waals surface area contributed by atoms with Gasteiger partial charge in [0.05, 0.1) is 21.6 Å². The molecule has 0 radical (unpaired) electrons. The fourth-order valence-corrected chi connectivity index (χ4v) is 5.41. The number of pyridine rings is 1. The number of hydrogen-bond acceptors (Lipinski definition) is 4. The minimum atomic E-state index is 0.0350. The third-order valence-corrected chi connectivity index (χ3v) is 7.01. The molecule has 5 aromatic rings. The molecule has 5 rings (SSSR count). The summed E-state index contributed by atoms with van der Waals surface area (Å²) in [4.78, 5) is 14.0. The van der Waals surface area contributed by atoms with Gasteiger partial charge < -0.3 is 0 Å². The van der Waals surface area contributed by atoms with Crippen molar-refractivity contribution in [3.05, 3.63) is 77.6 Å². The Labute approximate surface area is 199 Å². The number of fused-ring (bicyclic) bond motifs is 2. The van der Waals surface area contributed by atoms with Gasteiger partial charge in [0.25, 0.3) is 0 Å². The minimum Gasteiger partial charge on any atom is -0.254 e. The lowest BCUT2D eigenvalue weighted by Gasteiger charge is -2.22. The van der Waals surface area contributed by atoms with E-state index in [4.69, 9.17) is 4.98 Å². The number of aromatic nitrogens is 3. The van der Waals surface area contributed by atoms with E-state index in [0.717, 1.165) is 34.5 Å². The Bertz CT molecular complexity index is 1460. The zero-order chi connectivity index (χ0) is 23.2. The van der Waals surface area contributed by atoms with Crippen molar-refractivity contribution in [2.75, 3.05) is 0 Å². The highest BCUT2D eigenvalue weighted by Gasteiger charge is 2.19. The molecule has 4 heteroatoms. The van der Waals surface area contributed by atoms with E-state index >= 15 is 0 Å². The van der Waals surface area contributed by atoms with Crippen molar-refractivity contribution in [2.45, 2.75) is 46.5 Å². The van der Waals surface area contributed by atoms with Crippen LogP contribution in [0.4, 0.5) is 0 Å². The summed E-state index contributed by atoms with van der Waals surface area (Å²) in [6, 6.07) is 17.4. The average Bonchev–Trinajstić information content (AvgIpc) is 3.19. The van der Waals surface area contributed by atoms with Crippen LogP contribution in [-0.4, -0.2) is 15.0 Å². The van der Waals surface area contributed by atoms with Gasteiger partial charge in [-0.3, -0.25) is 4.98 Å². The summed E-state index contributed by atoms with van der Waals surface area (Å²) in [5.74, 6) is 0.619. The highest BCUT2D eigenvalue weighted by Crippen LogP contribution is 2.35. The fourth-order valence-electron chi connectivity index (χ4n) is 4.44. The minimum absolute atomic E-state index is 0.0350. The van der Waals surface area contributed by atoms with Crippen LogP contribution in [0, 0.1) is 5.92 Å². The zero-order valence-electron chi connectivity index (χ0n) is 19.9. The fraction of sp³-hybridized carbons (Fsp3) is 0.276. The molecule has 0 unspecified atom stereocenters. The molecule has 33 heavy (non-hydrogen) atoms. The van der Waals surface area contributed by atoms with Crippen molar-refractivity contribution in [2.24, 2.45) is 5.92 Å². The zero-order valence-corrected chi connectivity index (χ0v) is 20.7. The Morgan fingerprint density at radius 2 is 1.64 bits per heavy atom. The largest absolute Gasteiger partial charge is 0.254 e. The van der Waals surface area contributed by atoms with Gasteiger partial charge in [-0.1, -0.05) is 58.9 Å². The van der Waals surface area contributed by atoms with Crippen LogP contribution in [0.5, 0.6) is 0 Å². The predicted molar refractivity (Wildman–Crippen MR) is 141 cm³/mol. The summed E-state index contributed by atoms with van der Waals surface area (Å²) in [6.07, 6.45) is 4.67. The first kappa shape index (κ1) is 21.7. The molecule has 166 valence electrons. The van der Waals surface area contributed by atoms with Crippen LogP contribution < -0.4 is 0 Å². The number of nitrogens with zero attached hydrogens (tertiary/aromatic N) is 3. The van der Waals surface area contributed by atoms with Gasteiger partial charge in [-0.05, 0) is 69.3 Å². The topological polar surface area (TPSA) is 38.7 Å². The van der Waals surface area contributed by atoms with E-state index in [1.165, 1.54) is 26.6 Å². The molecule has 0 aliphatic rings. The molecule has 0 bridgehead atoms. The van der Waals surface area contributed by atoms with E-state index in [1.807, 2.05) is 6.20 Å². The summed E-state index contributed by atoms with van der Waals surface area (Å²) in [7, 11) is 0. The first-order chi connectivity index (χ1) is 15.8. The van der Waals surface area contributed by atoms with E-state index in [2.05, 4.69) is 98.5 Å². The van der Waals surface area contributed by atoms with Gasteiger partial charge in [0.15, 0.2) is 0 Å². The number of thiophene rings is 1. The van der Waals surface area contributed by atoms with Crippen LogP contribution in [0.3, 0.4) is 0 Å². The Hall–Kier alpha value is -3.11. The van der Waals surface area contributed by atoms with Crippen molar-refractivity contribution >= 4 is 32.3 Å². The average molecular weight is 452 g/mol. The summed E-state index contributed by atoms with van der Waals surface area (Å²) >= 11 is 1.77. The van der Waals surface area contributed by atoms with Crippen LogP contribution in [0.2, 0.25) is 0 Å². The molecule has 0 amide bonds. The van der Waals surface area contributed by atoms with Crippen LogP contribution in [-0.2, 0) is 11.8 Å². The Morgan fingerprint density at radius 3 is 2.39 bits per heavy atom. The van der Waals surface area contributed by atoms with Gasteiger partial charge in [-0.25, -0.2) is 9.97 Å². The van der Waals surface area contributed by atoms with E-state index < -0.39 is 0 Å². The van der Waals surface area contributed by atoms with Crippen molar-refractivity contribution in [1.82, 2.24) is 15.0 Å². The van der Waals surface area contributed by atoms with E-state index in [9.17, 15) is 0 Å². The van der Waals surface area contributed by atoms with Gasteiger partial charge in [0.2, 0.25) is 0 Å². The van der Waals surface area contributed by atoms with Crippen molar-refractivity contribution in [3.8, 4) is 22.5 Å². The SMILES string of the molecule is CC(C)Cc1csc2cc(-c3cc(-c4cc(C(C)(C)C)c5ccccc5c4)ncn3)cnc12. The normalized spacial score (nSPS) is 12.2. The van der Waals surface area contributed by atoms with Crippen LogP contribution in [0.15, 0.2) is 66.4 Å². The van der Waals surface area contributed by atoms with E-state index in [0.29, 0.717) is 5.92 Å². The highest BCUT2D eigenvalue weighted by molar-refractivity contribution is 7.17. The standard InChI is InChI=1S/C29H29N3S/c1-18(2)10-22-16-33-27-13-21(15-30-28(22)27)26-14-25(31-17-32-26)20-11-19-8-6-7-9-23(19)24(12-20)29(3,4)5/h6-9,11-18H,10H2,1-5H3. The molecule has 3 aromatic heterocycles. The van der Waals surface area contributed by atoms with E-state index in [-0.39, 0.29) is 5.41 Å². The summed E-state index contributed by atoms with van der Waals surface area (Å²) in [5.41, 5.74) is 7.80. The molecule has 3 heterocycles. The van der Waals surface area contributed by atoms with E-state index in [1.54, 1.807) is 17.7 Å². The van der Waals surface area contributed by atoms with Crippen LogP contribution in [0.25, 0.3) is 43.5 Å². The van der Waals surface area contributed by atoms with Gasteiger partial charge >= 0.3 is 0 Å². The molecule has 0 aliphatic carbocycles. The van der Waals surface area contributed by atoms with Gasteiger partial charge in [-0.15, -0.1) is 11.3 Å². The van der Waals surface area contributed by atoms with Crippen LogP contribution in [0.1, 0.15) is 45.7 Å². The maximum Gasteiger partial charge on any atom is 0.116 e. The third kappa shape index (κ3) is 4.28. The molecule has 0 saturated carbocycles. The second-order valence-corrected chi connectivity index (χ2v) is 11.1. The molecule has 0 spiro atoms. The maximum absolute atomic E-state index is 4.81. The molecule has 3 nitrogen and oxygen atoms in total. The molecular weight excluding hydrogens is 422 g/mol. The maximum atomic E-state index is 4.81.